The second-order valence-electron chi connectivity index (χ2n) is 5.88. The van der Waals surface area contributed by atoms with Crippen LogP contribution >= 0.6 is 0 Å². The molecule has 2 saturated heterocycles. The molecule has 0 aliphatic carbocycles. The van der Waals surface area contributed by atoms with Crippen molar-refractivity contribution in [3.8, 4) is 0 Å². The van der Waals surface area contributed by atoms with Crippen LogP contribution in [0.2, 0.25) is 0 Å². The molecule has 15 heavy (non-hydrogen) atoms. The minimum absolute atomic E-state index is 0.643. The molecule has 0 atom stereocenters. The van der Waals surface area contributed by atoms with E-state index >= 15 is 0 Å². The van der Waals surface area contributed by atoms with Crippen molar-refractivity contribution < 1.29 is 0 Å². The van der Waals surface area contributed by atoms with Gasteiger partial charge in [0.05, 0.1) is 0 Å². The zero-order valence-corrected chi connectivity index (χ0v) is 10.2. The van der Waals surface area contributed by atoms with Gasteiger partial charge in [0.2, 0.25) is 0 Å². The van der Waals surface area contributed by atoms with Gasteiger partial charge in [-0.05, 0) is 18.9 Å². The fraction of sp³-hybridized carbons (Fsp3) is 1.00. The highest BCUT2D eigenvalue weighted by Gasteiger charge is 2.46. The van der Waals surface area contributed by atoms with Crippen molar-refractivity contribution in [1.29, 1.82) is 0 Å². The predicted octanol–water partition coefficient (Wildman–Crippen LogP) is 0.609. The highest BCUT2D eigenvalue weighted by Crippen LogP contribution is 2.39. The van der Waals surface area contributed by atoms with Crippen LogP contribution in [0, 0.1) is 11.3 Å². The third kappa shape index (κ3) is 2.52. The van der Waals surface area contributed by atoms with Gasteiger partial charge in [-0.2, -0.15) is 0 Å². The summed E-state index contributed by atoms with van der Waals surface area (Å²) in [6.07, 6.45) is 1.40. The summed E-state index contributed by atoms with van der Waals surface area (Å²) in [6, 6.07) is 0. The average molecular weight is 211 g/mol. The van der Waals surface area contributed by atoms with Crippen LogP contribution in [0.5, 0.6) is 0 Å². The minimum atomic E-state index is 0.643. The van der Waals surface area contributed by atoms with E-state index in [1.165, 1.54) is 39.1 Å². The van der Waals surface area contributed by atoms with Crippen LogP contribution in [0.1, 0.15) is 20.3 Å². The smallest absolute Gasteiger partial charge is 0.0105 e. The molecule has 2 rings (SSSR count). The summed E-state index contributed by atoms with van der Waals surface area (Å²) < 4.78 is 0. The summed E-state index contributed by atoms with van der Waals surface area (Å²) in [6.45, 7) is 13.0. The van der Waals surface area contributed by atoms with Crippen LogP contribution in [0.25, 0.3) is 0 Å². The Hall–Kier alpha value is -0.120. The molecule has 0 amide bonds. The fourth-order valence-electron chi connectivity index (χ4n) is 3.20. The fourth-order valence-corrected chi connectivity index (χ4v) is 3.20. The zero-order valence-electron chi connectivity index (χ0n) is 10.2. The van der Waals surface area contributed by atoms with Gasteiger partial charge in [0, 0.05) is 44.7 Å². The Bertz CT molecular complexity index is 209. The molecule has 1 spiro atoms. The highest BCUT2D eigenvalue weighted by atomic mass is 15.3. The molecule has 0 unspecified atom stereocenters. The quantitative estimate of drug-likeness (QED) is 0.739. The van der Waals surface area contributed by atoms with Crippen molar-refractivity contribution in [3.63, 3.8) is 0 Å². The average Bonchev–Trinajstić information content (AvgIpc) is 2.47. The van der Waals surface area contributed by atoms with E-state index in [9.17, 15) is 0 Å². The Morgan fingerprint density at radius 2 is 1.87 bits per heavy atom. The molecule has 0 aromatic rings. The Morgan fingerprint density at radius 1 is 1.20 bits per heavy atom. The molecule has 88 valence electrons. The van der Waals surface area contributed by atoms with Crippen LogP contribution in [0.15, 0.2) is 0 Å². The molecule has 0 aromatic carbocycles. The number of nitrogens with zero attached hydrogens (tertiary/aromatic N) is 2. The van der Waals surface area contributed by atoms with E-state index in [2.05, 4.69) is 23.6 Å². The van der Waals surface area contributed by atoms with Crippen LogP contribution in [0.4, 0.5) is 0 Å². The largest absolute Gasteiger partial charge is 0.329 e. The maximum atomic E-state index is 5.57. The first-order valence-corrected chi connectivity index (χ1v) is 6.28. The number of nitrogens with two attached hydrogens (primary N) is 1. The molecule has 0 aromatic heterocycles. The minimum Gasteiger partial charge on any atom is -0.329 e. The van der Waals surface area contributed by atoms with Gasteiger partial charge in [-0.15, -0.1) is 0 Å². The molecule has 2 heterocycles. The summed E-state index contributed by atoms with van der Waals surface area (Å²) in [7, 11) is 0. The summed E-state index contributed by atoms with van der Waals surface area (Å²) in [5.41, 5.74) is 6.21. The molecule has 2 N–H and O–H groups in total. The first-order chi connectivity index (χ1) is 7.13. The molecule has 0 saturated carbocycles. The van der Waals surface area contributed by atoms with Crippen LogP contribution < -0.4 is 5.73 Å². The zero-order chi connectivity index (χ0) is 10.9. The highest BCUT2D eigenvalue weighted by molar-refractivity contribution is 5.01. The van der Waals surface area contributed by atoms with Crippen molar-refractivity contribution in [2.45, 2.75) is 20.3 Å². The van der Waals surface area contributed by atoms with Crippen molar-refractivity contribution in [2.24, 2.45) is 17.1 Å². The monoisotopic (exact) mass is 211 g/mol. The predicted molar refractivity (Wildman–Crippen MR) is 63.8 cm³/mol. The number of hydrogen-bond donors (Lipinski definition) is 1. The molecular weight excluding hydrogens is 186 g/mol. The van der Waals surface area contributed by atoms with Crippen LogP contribution in [-0.4, -0.2) is 55.6 Å². The summed E-state index contributed by atoms with van der Waals surface area (Å²) in [4.78, 5) is 5.14. The van der Waals surface area contributed by atoms with Crippen molar-refractivity contribution in [2.75, 3.05) is 45.8 Å². The van der Waals surface area contributed by atoms with E-state index in [4.69, 9.17) is 5.73 Å². The first-order valence-electron chi connectivity index (χ1n) is 6.28. The van der Waals surface area contributed by atoms with Crippen LogP contribution in [0.3, 0.4) is 0 Å². The molecule has 0 bridgehead atoms. The topological polar surface area (TPSA) is 32.5 Å². The number of hydrogen-bond acceptors (Lipinski definition) is 3. The van der Waals surface area contributed by atoms with Crippen molar-refractivity contribution in [1.82, 2.24) is 9.80 Å². The molecular formula is C12H25N3. The third-order valence-electron chi connectivity index (χ3n) is 3.70. The van der Waals surface area contributed by atoms with Gasteiger partial charge < -0.3 is 15.5 Å². The van der Waals surface area contributed by atoms with E-state index in [1.807, 2.05) is 0 Å². The molecule has 2 aliphatic heterocycles. The lowest BCUT2D eigenvalue weighted by Crippen LogP contribution is -2.58. The van der Waals surface area contributed by atoms with Gasteiger partial charge in [-0.25, -0.2) is 0 Å². The van der Waals surface area contributed by atoms with E-state index in [-0.39, 0.29) is 0 Å². The third-order valence-corrected chi connectivity index (χ3v) is 3.70. The molecule has 3 heteroatoms. The Labute approximate surface area is 93.6 Å². The van der Waals surface area contributed by atoms with Gasteiger partial charge in [0.25, 0.3) is 0 Å². The van der Waals surface area contributed by atoms with E-state index < -0.39 is 0 Å². The summed E-state index contributed by atoms with van der Waals surface area (Å²) in [5, 5.41) is 0. The van der Waals surface area contributed by atoms with E-state index in [1.54, 1.807) is 0 Å². The van der Waals surface area contributed by atoms with E-state index in [0.717, 1.165) is 19.0 Å². The number of likely N-dealkylation sites (tertiary alicyclic amines) is 2. The van der Waals surface area contributed by atoms with E-state index in [0.29, 0.717) is 5.41 Å². The summed E-state index contributed by atoms with van der Waals surface area (Å²) in [5.74, 6) is 0.806. The normalized spacial score (nSPS) is 26.4. The first kappa shape index (κ1) is 11.4. The molecule has 2 aliphatic rings. The van der Waals surface area contributed by atoms with Gasteiger partial charge >= 0.3 is 0 Å². The Morgan fingerprint density at radius 3 is 2.47 bits per heavy atom. The van der Waals surface area contributed by atoms with Gasteiger partial charge in [-0.1, -0.05) is 13.8 Å². The van der Waals surface area contributed by atoms with Gasteiger partial charge in [0.1, 0.15) is 0 Å². The molecule has 0 radical (unpaired) electrons. The van der Waals surface area contributed by atoms with Gasteiger partial charge in [0.15, 0.2) is 0 Å². The maximum Gasteiger partial charge on any atom is 0.0105 e. The SMILES string of the molecule is CC(C)CN1CCC2(C1)CN(CCN)C2. The number of rotatable bonds is 4. The second-order valence-corrected chi connectivity index (χ2v) is 5.88. The molecule has 2 fully saturated rings. The maximum absolute atomic E-state index is 5.57. The molecule has 3 nitrogen and oxygen atoms in total. The lowest BCUT2D eigenvalue weighted by Gasteiger charge is -2.48. The summed E-state index contributed by atoms with van der Waals surface area (Å²) >= 11 is 0. The Kier molecular flexibility index (Phi) is 3.33. The van der Waals surface area contributed by atoms with Crippen molar-refractivity contribution >= 4 is 0 Å². The Balaban J connectivity index is 1.74. The lowest BCUT2D eigenvalue weighted by atomic mass is 9.79. The van der Waals surface area contributed by atoms with Crippen molar-refractivity contribution in [3.05, 3.63) is 0 Å². The standard InChI is InChI=1S/C12H25N3/c1-11(2)7-14-5-3-12(8-14)9-15(10-12)6-4-13/h11H,3-10,13H2,1-2H3. The second kappa shape index (κ2) is 4.40. The lowest BCUT2D eigenvalue weighted by molar-refractivity contribution is 0.0105. The van der Waals surface area contributed by atoms with Crippen LogP contribution in [-0.2, 0) is 0 Å². The van der Waals surface area contributed by atoms with Gasteiger partial charge in [-0.3, -0.25) is 0 Å².